The molecule has 0 heterocycles. The molecule has 0 fully saturated rings. The summed E-state index contributed by atoms with van der Waals surface area (Å²) in [5.41, 5.74) is 5.39. The molecule has 2 rings (SSSR count). The Bertz CT molecular complexity index is 499. The fourth-order valence-corrected chi connectivity index (χ4v) is 2.36. The number of hydrogen-bond acceptors (Lipinski definition) is 1. The van der Waals surface area contributed by atoms with E-state index in [1.54, 1.807) is 0 Å². The van der Waals surface area contributed by atoms with Crippen LogP contribution in [0.15, 0.2) is 48.5 Å². The lowest BCUT2D eigenvalue weighted by atomic mass is 9.94. The lowest BCUT2D eigenvalue weighted by Gasteiger charge is -2.19. The fourth-order valence-electron chi connectivity index (χ4n) is 2.36. The van der Waals surface area contributed by atoms with Crippen molar-refractivity contribution >= 4 is 0 Å². The highest BCUT2D eigenvalue weighted by Gasteiger charge is 2.13. The Morgan fingerprint density at radius 2 is 1.67 bits per heavy atom. The van der Waals surface area contributed by atoms with Gasteiger partial charge in [0.15, 0.2) is 0 Å². The molecule has 1 atom stereocenters. The van der Waals surface area contributed by atoms with Gasteiger partial charge in [0, 0.05) is 0 Å². The maximum atomic E-state index is 3.41. The molecule has 18 heavy (non-hydrogen) atoms. The molecule has 2 aromatic carbocycles. The van der Waals surface area contributed by atoms with Gasteiger partial charge in [0.1, 0.15) is 0 Å². The molecule has 0 spiro atoms. The van der Waals surface area contributed by atoms with Gasteiger partial charge < -0.3 is 5.32 Å². The maximum absolute atomic E-state index is 3.41. The van der Waals surface area contributed by atoms with Gasteiger partial charge in [-0.1, -0.05) is 55.5 Å². The van der Waals surface area contributed by atoms with E-state index in [1.807, 2.05) is 7.05 Å². The molecule has 0 radical (unpaired) electrons. The first-order valence-corrected chi connectivity index (χ1v) is 6.58. The highest BCUT2D eigenvalue weighted by atomic mass is 14.9. The van der Waals surface area contributed by atoms with Crippen molar-refractivity contribution in [2.75, 3.05) is 7.05 Å². The summed E-state index contributed by atoms with van der Waals surface area (Å²) in [6.07, 6.45) is 1.09. The molecule has 1 heteroatoms. The van der Waals surface area contributed by atoms with Crippen molar-refractivity contribution in [1.82, 2.24) is 5.32 Å². The van der Waals surface area contributed by atoms with Gasteiger partial charge >= 0.3 is 0 Å². The van der Waals surface area contributed by atoms with Crippen LogP contribution in [0, 0.1) is 6.92 Å². The Kier molecular flexibility index (Phi) is 4.16. The Morgan fingerprint density at radius 3 is 2.22 bits per heavy atom. The minimum atomic E-state index is 0.275. The Hall–Kier alpha value is -1.60. The second kappa shape index (κ2) is 5.83. The average molecular weight is 239 g/mol. The first-order valence-electron chi connectivity index (χ1n) is 6.58. The van der Waals surface area contributed by atoms with E-state index in [0.717, 1.165) is 6.42 Å². The molecule has 0 saturated carbocycles. The van der Waals surface area contributed by atoms with Crippen molar-refractivity contribution in [3.63, 3.8) is 0 Å². The van der Waals surface area contributed by atoms with Crippen molar-refractivity contribution in [3.05, 3.63) is 70.8 Å². The van der Waals surface area contributed by atoms with Gasteiger partial charge in [-0.05, 0) is 42.6 Å². The van der Waals surface area contributed by atoms with E-state index >= 15 is 0 Å². The van der Waals surface area contributed by atoms with E-state index in [9.17, 15) is 0 Å². The van der Waals surface area contributed by atoms with Crippen LogP contribution in [0.1, 0.15) is 35.2 Å². The summed E-state index contributed by atoms with van der Waals surface area (Å²) >= 11 is 0. The van der Waals surface area contributed by atoms with E-state index in [4.69, 9.17) is 0 Å². The minimum Gasteiger partial charge on any atom is -0.309 e. The van der Waals surface area contributed by atoms with E-state index in [1.165, 1.54) is 22.3 Å². The van der Waals surface area contributed by atoms with Crippen LogP contribution in [0.3, 0.4) is 0 Å². The van der Waals surface area contributed by atoms with E-state index < -0.39 is 0 Å². The normalized spacial score (nSPS) is 12.4. The summed E-state index contributed by atoms with van der Waals surface area (Å²) in [4.78, 5) is 0. The van der Waals surface area contributed by atoms with Crippen LogP contribution in [0.25, 0.3) is 0 Å². The van der Waals surface area contributed by atoms with Crippen molar-refractivity contribution < 1.29 is 0 Å². The molecule has 0 aliphatic rings. The second-order valence-electron chi connectivity index (χ2n) is 4.67. The lowest BCUT2D eigenvalue weighted by Crippen LogP contribution is -2.18. The van der Waals surface area contributed by atoms with Gasteiger partial charge in [-0.3, -0.25) is 0 Å². The lowest BCUT2D eigenvalue weighted by molar-refractivity contribution is 0.687. The van der Waals surface area contributed by atoms with Crippen molar-refractivity contribution in [2.45, 2.75) is 26.3 Å². The molecule has 94 valence electrons. The molecule has 1 unspecified atom stereocenters. The molecule has 0 saturated heterocycles. The zero-order chi connectivity index (χ0) is 13.0. The Labute approximate surface area is 110 Å². The molecule has 0 aromatic heterocycles. The quantitative estimate of drug-likeness (QED) is 0.854. The number of nitrogens with one attached hydrogen (secondary N) is 1. The van der Waals surface area contributed by atoms with Gasteiger partial charge in [-0.2, -0.15) is 0 Å². The fraction of sp³-hybridized carbons (Fsp3) is 0.294. The van der Waals surface area contributed by atoms with Gasteiger partial charge in [0.25, 0.3) is 0 Å². The molecule has 2 aromatic rings. The summed E-state index contributed by atoms with van der Waals surface area (Å²) in [6, 6.07) is 17.7. The molecule has 0 aliphatic carbocycles. The molecule has 0 aliphatic heterocycles. The monoisotopic (exact) mass is 239 g/mol. The van der Waals surface area contributed by atoms with E-state index in [0.29, 0.717) is 0 Å². The third-order valence-corrected chi connectivity index (χ3v) is 3.51. The average Bonchev–Trinajstić information content (AvgIpc) is 2.42. The molecular weight excluding hydrogens is 218 g/mol. The van der Waals surface area contributed by atoms with Gasteiger partial charge in [0.05, 0.1) is 6.04 Å². The van der Waals surface area contributed by atoms with Crippen molar-refractivity contribution in [3.8, 4) is 0 Å². The zero-order valence-electron chi connectivity index (χ0n) is 11.4. The summed E-state index contributed by atoms with van der Waals surface area (Å²) in [6.45, 7) is 4.35. The third kappa shape index (κ3) is 2.62. The van der Waals surface area contributed by atoms with Gasteiger partial charge in [-0.15, -0.1) is 0 Å². The Morgan fingerprint density at radius 1 is 1.00 bits per heavy atom. The topological polar surface area (TPSA) is 12.0 Å². The molecule has 0 amide bonds. The van der Waals surface area contributed by atoms with E-state index in [2.05, 4.69) is 67.7 Å². The molecular formula is C17H21N. The van der Waals surface area contributed by atoms with E-state index in [-0.39, 0.29) is 6.04 Å². The van der Waals surface area contributed by atoms with Crippen LogP contribution in [0.2, 0.25) is 0 Å². The number of aryl methyl sites for hydroxylation is 2. The van der Waals surface area contributed by atoms with Crippen LogP contribution in [0.4, 0.5) is 0 Å². The van der Waals surface area contributed by atoms with Crippen LogP contribution in [-0.2, 0) is 6.42 Å². The first-order chi connectivity index (χ1) is 8.76. The van der Waals surface area contributed by atoms with Crippen LogP contribution < -0.4 is 5.32 Å². The highest BCUT2D eigenvalue weighted by Crippen LogP contribution is 2.24. The number of benzene rings is 2. The molecule has 0 bridgehead atoms. The zero-order valence-corrected chi connectivity index (χ0v) is 11.4. The van der Waals surface area contributed by atoms with Crippen molar-refractivity contribution in [2.24, 2.45) is 0 Å². The van der Waals surface area contributed by atoms with Crippen LogP contribution >= 0.6 is 0 Å². The van der Waals surface area contributed by atoms with Crippen LogP contribution in [-0.4, -0.2) is 7.05 Å². The SMILES string of the molecule is CCc1ccc(C(NC)c2ccccc2C)cc1. The maximum Gasteiger partial charge on any atom is 0.0576 e. The Balaban J connectivity index is 2.36. The first kappa shape index (κ1) is 12.8. The smallest absolute Gasteiger partial charge is 0.0576 e. The van der Waals surface area contributed by atoms with Crippen LogP contribution in [0.5, 0.6) is 0 Å². The van der Waals surface area contributed by atoms with Gasteiger partial charge in [0.2, 0.25) is 0 Å². The standard InChI is InChI=1S/C17H21N/c1-4-14-9-11-15(12-10-14)17(18-3)16-8-6-5-7-13(16)2/h5-12,17-18H,4H2,1-3H3. The van der Waals surface area contributed by atoms with Crippen molar-refractivity contribution in [1.29, 1.82) is 0 Å². The minimum absolute atomic E-state index is 0.275. The molecule has 1 nitrogen and oxygen atoms in total. The second-order valence-corrected chi connectivity index (χ2v) is 4.67. The largest absolute Gasteiger partial charge is 0.309 e. The molecule has 1 N–H and O–H groups in total. The highest BCUT2D eigenvalue weighted by molar-refractivity contribution is 5.37. The number of hydrogen-bond donors (Lipinski definition) is 1. The predicted molar refractivity (Wildman–Crippen MR) is 77.9 cm³/mol. The number of rotatable bonds is 4. The summed E-state index contributed by atoms with van der Waals surface area (Å²) < 4.78 is 0. The third-order valence-electron chi connectivity index (χ3n) is 3.51. The summed E-state index contributed by atoms with van der Waals surface area (Å²) in [7, 11) is 2.02. The van der Waals surface area contributed by atoms with Gasteiger partial charge in [-0.25, -0.2) is 0 Å². The summed E-state index contributed by atoms with van der Waals surface area (Å²) in [5.74, 6) is 0. The predicted octanol–water partition coefficient (Wildman–Crippen LogP) is 3.87. The summed E-state index contributed by atoms with van der Waals surface area (Å²) in [5, 5.41) is 3.41.